The van der Waals surface area contributed by atoms with Crippen molar-refractivity contribution in [2.24, 2.45) is 0 Å². The number of carboxylic acid groups (broad SMARTS) is 1. The molecule has 1 fully saturated rings. The van der Waals surface area contributed by atoms with Crippen molar-refractivity contribution in [2.45, 2.75) is 18.3 Å². The third-order valence-electron chi connectivity index (χ3n) is 3.29. The summed E-state index contributed by atoms with van der Waals surface area (Å²) in [6, 6.07) is 9.33. The molecule has 1 saturated carbocycles. The first-order valence-electron chi connectivity index (χ1n) is 5.58. The molecule has 0 amide bonds. The number of halogens is 1. The maximum Gasteiger partial charge on any atom is 0.315 e. The number of carbonyl (C=O) groups is 1. The van der Waals surface area contributed by atoms with Crippen LogP contribution >= 0.6 is 15.9 Å². The molecule has 1 heterocycles. The zero-order valence-electron chi connectivity index (χ0n) is 9.39. The zero-order chi connectivity index (χ0) is 12.8. The van der Waals surface area contributed by atoms with E-state index in [1.165, 1.54) is 0 Å². The molecule has 3 rings (SSSR count). The summed E-state index contributed by atoms with van der Waals surface area (Å²) in [4.78, 5) is 11.2. The van der Waals surface area contributed by atoms with E-state index in [9.17, 15) is 9.90 Å². The number of aliphatic carboxylic acids is 1. The minimum Gasteiger partial charge on any atom is -0.481 e. The number of benzene rings is 1. The molecule has 2 aromatic rings. The molecule has 5 heteroatoms. The molecule has 0 atom stereocenters. The Morgan fingerprint density at radius 1 is 1.33 bits per heavy atom. The van der Waals surface area contributed by atoms with Crippen molar-refractivity contribution in [3.05, 3.63) is 40.5 Å². The molecular weight excluding hydrogens is 298 g/mol. The third kappa shape index (κ3) is 1.75. The van der Waals surface area contributed by atoms with Crippen LogP contribution in [0.2, 0.25) is 0 Å². The Hall–Kier alpha value is -1.62. The first kappa shape index (κ1) is 11.5. The van der Waals surface area contributed by atoms with Crippen LogP contribution in [0.5, 0.6) is 0 Å². The molecule has 1 aliphatic carbocycles. The maximum atomic E-state index is 11.2. The minimum absolute atomic E-state index is 0.521. The van der Waals surface area contributed by atoms with Crippen LogP contribution in [-0.4, -0.2) is 16.2 Å². The number of hydrogen-bond acceptors (Lipinski definition) is 3. The summed E-state index contributed by atoms with van der Waals surface area (Å²) in [5.41, 5.74) is 0.600. The fourth-order valence-corrected chi connectivity index (χ4v) is 2.22. The second-order valence-corrected chi connectivity index (χ2v) is 5.39. The van der Waals surface area contributed by atoms with Gasteiger partial charge in [0, 0.05) is 16.1 Å². The smallest absolute Gasteiger partial charge is 0.315 e. The largest absolute Gasteiger partial charge is 0.481 e. The van der Waals surface area contributed by atoms with E-state index < -0.39 is 11.4 Å². The highest BCUT2D eigenvalue weighted by atomic mass is 79.9. The van der Waals surface area contributed by atoms with Crippen LogP contribution in [-0.2, 0) is 10.2 Å². The van der Waals surface area contributed by atoms with Crippen molar-refractivity contribution in [1.82, 2.24) is 5.16 Å². The molecular formula is C13H10BrNO3. The monoisotopic (exact) mass is 307 g/mol. The van der Waals surface area contributed by atoms with Crippen LogP contribution in [0.1, 0.15) is 18.5 Å². The lowest BCUT2D eigenvalue weighted by atomic mass is 10.0. The van der Waals surface area contributed by atoms with Gasteiger partial charge < -0.3 is 9.63 Å². The molecule has 18 heavy (non-hydrogen) atoms. The van der Waals surface area contributed by atoms with E-state index in [0.717, 1.165) is 10.0 Å². The number of carboxylic acids is 1. The summed E-state index contributed by atoms with van der Waals surface area (Å²) < 4.78 is 6.22. The Morgan fingerprint density at radius 3 is 2.56 bits per heavy atom. The molecule has 0 aliphatic heterocycles. The minimum atomic E-state index is -0.821. The topological polar surface area (TPSA) is 63.3 Å². The second-order valence-electron chi connectivity index (χ2n) is 4.47. The van der Waals surface area contributed by atoms with Gasteiger partial charge in [-0.05, 0) is 25.0 Å². The van der Waals surface area contributed by atoms with E-state index >= 15 is 0 Å². The SMILES string of the molecule is O=C(O)C1(c2cc(-c3ccc(Br)cc3)on2)CC1. The lowest BCUT2D eigenvalue weighted by Crippen LogP contribution is -2.19. The van der Waals surface area contributed by atoms with Crippen molar-refractivity contribution < 1.29 is 14.4 Å². The van der Waals surface area contributed by atoms with Crippen molar-refractivity contribution >= 4 is 21.9 Å². The van der Waals surface area contributed by atoms with Gasteiger partial charge in [0.2, 0.25) is 0 Å². The average Bonchev–Trinajstić information content (AvgIpc) is 3.03. The fraction of sp³-hybridized carbons (Fsp3) is 0.231. The summed E-state index contributed by atoms with van der Waals surface area (Å²) in [5, 5.41) is 13.1. The van der Waals surface area contributed by atoms with E-state index in [4.69, 9.17) is 4.52 Å². The molecule has 0 spiro atoms. The summed E-state index contributed by atoms with van der Waals surface area (Å²) >= 11 is 3.36. The van der Waals surface area contributed by atoms with E-state index in [0.29, 0.717) is 24.3 Å². The number of hydrogen-bond donors (Lipinski definition) is 1. The Morgan fingerprint density at radius 2 is 2.00 bits per heavy atom. The van der Waals surface area contributed by atoms with Gasteiger partial charge in [-0.3, -0.25) is 4.79 Å². The van der Waals surface area contributed by atoms with E-state index in [1.807, 2.05) is 24.3 Å². The molecule has 1 N–H and O–H groups in total. The van der Waals surface area contributed by atoms with Gasteiger partial charge >= 0.3 is 5.97 Å². The first-order valence-corrected chi connectivity index (χ1v) is 6.38. The summed E-state index contributed by atoms with van der Waals surface area (Å²) in [6.45, 7) is 0. The number of aromatic nitrogens is 1. The highest BCUT2D eigenvalue weighted by Crippen LogP contribution is 2.48. The van der Waals surface area contributed by atoms with Crippen LogP contribution in [0.25, 0.3) is 11.3 Å². The van der Waals surface area contributed by atoms with Gasteiger partial charge in [0.1, 0.15) is 11.1 Å². The molecule has 1 aliphatic rings. The van der Waals surface area contributed by atoms with Gasteiger partial charge in [-0.15, -0.1) is 0 Å². The van der Waals surface area contributed by atoms with Gasteiger partial charge in [0.25, 0.3) is 0 Å². The van der Waals surface area contributed by atoms with Gasteiger partial charge in [-0.1, -0.05) is 33.2 Å². The lowest BCUT2D eigenvalue weighted by molar-refractivity contribution is -0.140. The predicted octanol–water partition coefficient (Wildman–Crippen LogP) is 3.22. The van der Waals surface area contributed by atoms with Gasteiger partial charge in [0.15, 0.2) is 5.76 Å². The van der Waals surface area contributed by atoms with Crippen LogP contribution in [0.4, 0.5) is 0 Å². The molecule has 4 nitrogen and oxygen atoms in total. The van der Waals surface area contributed by atoms with Crippen LogP contribution in [0.15, 0.2) is 39.3 Å². The first-order chi connectivity index (χ1) is 8.62. The third-order valence-corrected chi connectivity index (χ3v) is 3.82. The van der Waals surface area contributed by atoms with E-state index in [1.54, 1.807) is 6.07 Å². The molecule has 92 valence electrons. The van der Waals surface area contributed by atoms with Crippen LogP contribution in [0.3, 0.4) is 0 Å². The average molecular weight is 308 g/mol. The Balaban J connectivity index is 1.95. The van der Waals surface area contributed by atoms with E-state index in [2.05, 4.69) is 21.1 Å². The van der Waals surface area contributed by atoms with Gasteiger partial charge in [-0.2, -0.15) is 0 Å². The number of nitrogens with zero attached hydrogens (tertiary/aromatic N) is 1. The molecule has 0 unspecified atom stereocenters. The van der Waals surface area contributed by atoms with E-state index in [-0.39, 0.29) is 0 Å². The summed E-state index contributed by atoms with van der Waals surface area (Å²) in [7, 11) is 0. The van der Waals surface area contributed by atoms with Crippen LogP contribution in [0, 0.1) is 0 Å². The highest BCUT2D eigenvalue weighted by Gasteiger charge is 2.54. The molecule has 0 saturated heterocycles. The van der Waals surface area contributed by atoms with Crippen LogP contribution < -0.4 is 0 Å². The highest BCUT2D eigenvalue weighted by molar-refractivity contribution is 9.10. The Labute approximate surface area is 112 Å². The normalized spacial score (nSPS) is 16.5. The van der Waals surface area contributed by atoms with Crippen molar-refractivity contribution in [3.63, 3.8) is 0 Å². The molecule has 0 bridgehead atoms. The fourth-order valence-electron chi connectivity index (χ4n) is 1.96. The Kier molecular flexibility index (Phi) is 2.52. The summed E-state index contributed by atoms with van der Waals surface area (Å²) in [6.07, 6.45) is 1.27. The molecule has 1 aromatic heterocycles. The molecule has 1 aromatic carbocycles. The van der Waals surface area contributed by atoms with Crippen molar-refractivity contribution in [3.8, 4) is 11.3 Å². The second kappa shape index (κ2) is 3.95. The van der Waals surface area contributed by atoms with Crippen molar-refractivity contribution in [2.75, 3.05) is 0 Å². The molecule has 0 radical (unpaired) electrons. The predicted molar refractivity (Wildman–Crippen MR) is 68.2 cm³/mol. The Bertz CT molecular complexity index is 599. The quantitative estimate of drug-likeness (QED) is 0.945. The number of rotatable bonds is 3. The van der Waals surface area contributed by atoms with Crippen molar-refractivity contribution in [1.29, 1.82) is 0 Å². The standard InChI is InChI=1S/C13H10BrNO3/c14-9-3-1-8(2-4-9)10-7-11(15-18-10)13(5-6-13)12(16)17/h1-4,7H,5-6H2,(H,16,17). The summed E-state index contributed by atoms with van der Waals surface area (Å²) in [5.74, 6) is -0.219. The zero-order valence-corrected chi connectivity index (χ0v) is 11.0. The lowest BCUT2D eigenvalue weighted by Gasteiger charge is -2.02. The van der Waals surface area contributed by atoms with Gasteiger partial charge in [0.05, 0.1) is 0 Å². The maximum absolute atomic E-state index is 11.2. The van der Waals surface area contributed by atoms with Gasteiger partial charge in [-0.25, -0.2) is 0 Å².